The minimum absolute atomic E-state index is 0.0977. The number of aromatic hydroxyl groups is 1. The van der Waals surface area contributed by atoms with Crippen molar-refractivity contribution in [1.82, 2.24) is 9.21 Å². The molecule has 0 bridgehead atoms. The fourth-order valence-corrected chi connectivity index (χ4v) is 7.84. The van der Waals surface area contributed by atoms with Gasteiger partial charge in [0, 0.05) is 38.2 Å². The number of methoxy groups -OCH3 is 1. The van der Waals surface area contributed by atoms with Crippen LogP contribution in [-0.4, -0.2) is 68.2 Å². The number of phenols is 1. The molecule has 3 aromatic carbocycles. The highest BCUT2D eigenvalue weighted by molar-refractivity contribution is 7.89. The van der Waals surface area contributed by atoms with Crippen molar-refractivity contribution >= 4 is 10.0 Å². The number of rotatable bonds is 6. The summed E-state index contributed by atoms with van der Waals surface area (Å²) in [6.45, 7) is 6.45. The highest BCUT2D eigenvalue weighted by Crippen LogP contribution is 2.43. The van der Waals surface area contributed by atoms with Gasteiger partial charge in [0.1, 0.15) is 5.75 Å². The van der Waals surface area contributed by atoms with Crippen molar-refractivity contribution in [2.75, 3.05) is 33.4 Å². The predicted molar refractivity (Wildman–Crippen MR) is 146 cm³/mol. The summed E-state index contributed by atoms with van der Waals surface area (Å²) in [5.74, 6) is 0.451. The lowest BCUT2D eigenvalue weighted by molar-refractivity contribution is -0.0635. The molecular weight excluding hydrogens is 484 g/mol. The van der Waals surface area contributed by atoms with Crippen molar-refractivity contribution in [3.63, 3.8) is 0 Å². The smallest absolute Gasteiger partial charge is 0.243 e. The molecule has 2 aliphatic heterocycles. The largest absolute Gasteiger partial charge is 0.508 e. The summed E-state index contributed by atoms with van der Waals surface area (Å²) in [6.07, 6.45) is 1.81. The molecule has 3 atom stereocenters. The quantitative estimate of drug-likeness (QED) is 0.498. The summed E-state index contributed by atoms with van der Waals surface area (Å²) >= 11 is 0. The van der Waals surface area contributed by atoms with Gasteiger partial charge in [-0.25, -0.2) is 8.42 Å². The maximum Gasteiger partial charge on any atom is 0.243 e. The van der Waals surface area contributed by atoms with Gasteiger partial charge in [0.2, 0.25) is 10.0 Å². The molecule has 37 heavy (non-hydrogen) atoms. The van der Waals surface area contributed by atoms with Gasteiger partial charge in [0.25, 0.3) is 0 Å². The average Bonchev–Trinajstić information content (AvgIpc) is 2.85. The summed E-state index contributed by atoms with van der Waals surface area (Å²) < 4.78 is 34.8. The molecule has 1 N–H and O–H groups in total. The van der Waals surface area contributed by atoms with Crippen LogP contribution < -0.4 is 0 Å². The summed E-state index contributed by atoms with van der Waals surface area (Å²) in [7, 11) is -1.85. The van der Waals surface area contributed by atoms with Crippen molar-refractivity contribution in [2.45, 2.75) is 49.6 Å². The van der Waals surface area contributed by atoms with E-state index in [0.717, 1.165) is 41.6 Å². The van der Waals surface area contributed by atoms with Crippen molar-refractivity contribution in [3.05, 3.63) is 83.4 Å². The van der Waals surface area contributed by atoms with Crippen LogP contribution >= 0.6 is 0 Å². The monoisotopic (exact) mass is 520 g/mol. The Morgan fingerprint density at radius 3 is 2.38 bits per heavy atom. The summed E-state index contributed by atoms with van der Waals surface area (Å²) in [4.78, 5) is 2.85. The highest BCUT2D eigenvalue weighted by Gasteiger charge is 2.50. The zero-order valence-electron chi connectivity index (χ0n) is 21.8. The Hall–Kier alpha value is -2.71. The Balaban J connectivity index is 1.45. The zero-order valence-corrected chi connectivity index (χ0v) is 22.6. The first-order valence-corrected chi connectivity index (χ1v) is 14.5. The van der Waals surface area contributed by atoms with Gasteiger partial charge in [-0.15, -0.1) is 0 Å². The van der Waals surface area contributed by atoms with Crippen molar-refractivity contribution in [1.29, 1.82) is 0 Å². The lowest BCUT2D eigenvalue weighted by Crippen LogP contribution is -2.68. The van der Waals surface area contributed by atoms with E-state index in [9.17, 15) is 13.5 Å². The maximum absolute atomic E-state index is 13.7. The fourth-order valence-electron chi connectivity index (χ4n) is 6.12. The van der Waals surface area contributed by atoms with Crippen molar-refractivity contribution in [3.8, 4) is 16.9 Å². The predicted octanol–water partition coefficient (Wildman–Crippen LogP) is 4.94. The Morgan fingerprint density at radius 2 is 1.68 bits per heavy atom. The van der Waals surface area contributed by atoms with Gasteiger partial charge in [-0.1, -0.05) is 48.5 Å². The van der Waals surface area contributed by atoms with E-state index in [2.05, 4.69) is 29.2 Å². The molecule has 0 spiro atoms. The SMILES string of the molecule is COC[C@@H]1[C@@H](c2ccc(-c3ccc(O)cc3C)cc2)C2CN(S(=O)(=O)c3ccccc3C)CCCCN21. The third kappa shape index (κ3) is 4.93. The number of sulfonamides is 1. The average molecular weight is 521 g/mol. The zero-order chi connectivity index (χ0) is 26.2. The van der Waals surface area contributed by atoms with E-state index in [1.54, 1.807) is 35.7 Å². The summed E-state index contributed by atoms with van der Waals surface area (Å²) in [6, 6.07) is 21.6. The lowest BCUT2D eigenvalue weighted by Gasteiger charge is -2.57. The molecule has 196 valence electrons. The third-order valence-corrected chi connectivity index (χ3v) is 10.0. The minimum Gasteiger partial charge on any atom is -0.508 e. The van der Waals surface area contributed by atoms with Crippen LogP contribution in [0, 0.1) is 13.8 Å². The normalized spacial score (nSPS) is 23.1. The molecule has 0 aromatic heterocycles. The minimum atomic E-state index is -3.59. The number of fused-ring (bicyclic) bond motifs is 1. The second kappa shape index (κ2) is 10.6. The van der Waals surface area contributed by atoms with Gasteiger partial charge in [0.15, 0.2) is 0 Å². The van der Waals surface area contributed by atoms with Crippen LogP contribution in [0.2, 0.25) is 0 Å². The molecule has 1 unspecified atom stereocenters. The number of ether oxygens (including phenoxy) is 1. The van der Waals surface area contributed by atoms with Crippen molar-refractivity contribution < 1.29 is 18.3 Å². The van der Waals surface area contributed by atoms with E-state index in [1.165, 1.54) is 5.56 Å². The van der Waals surface area contributed by atoms with Gasteiger partial charge in [-0.05, 0) is 79.3 Å². The molecule has 5 rings (SSSR count). The second-order valence-electron chi connectivity index (χ2n) is 10.3. The Morgan fingerprint density at radius 1 is 0.946 bits per heavy atom. The number of benzene rings is 3. The third-order valence-electron chi connectivity index (χ3n) is 8.01. The van der Waals surface area contributed by atoms with Crippen LogP contribution in [0.1, 0.15) is 35.4 Å². The molecule has 3 aromatic rings. The molecule has 7 heteroatoms. The van der Waals surface area contributed by atoms with Crippen LogP contribution in [0.4, 0.5) is 0 Å². The molecule has 2 heterocycles. The van der Waals surface area contributed by atoms with E-state index < -0.39 is 10.0 Å². The van der Waals surface area contributed by atoms with E-state index in [1.807, 2.05) is 32.0 Å². The van der Waals surface area contributed by atoms with Gasteiger partial charge in [-0.2, -0.15) is 4.31 Å². The first kappa shape index (κ1) is 25.9. The molecule has 0 radical (unpaired) electrons. The maximum atomic E-state index is 13.7. The first-order valence-electron chi connectivity index (χ1n) is 13.0. The fraction of sp³-hybridized carbons (Fsp3) is 0.400. The number of hydrogen-bond donors (Lipinski definition) is 1. The number of nitrogens with zero attached hydrogens (tertiary/aromatic N) is 2. The van der Waals surface area contributed by atoms with Crippen LogP contribution in [-0.2, 0) is 14.8 Å². The van der Waals surface area contributed by atoms with E-state index in [4.69, 9.17) is 4.74 Å². The molecule has 0 saturated carbocycles. The molecule has 6 nitrogen and oxygen atoms in total. The van der Waals surface area contributed by atoms with Gasteiger partial charge in [0.05, 0.1) is 11.5 Å². The second-order valence-corrected chi connectivity index (χ2v) is 12.2. The Bertz CT molecular complexity index is 1360. The summed E-state index contributed by atoms with van der Waals surface area (Å²) in [5, 5.41) is 9.78. The van der Waals surface area contributed by atoms with E-state index in [-0.39, 0.29) is 23.8 Å². The van der Waals surface area contributed by atoms with E-state index in [0.29, 0.717) is 24.6 Å². The van der Waals surface area contributed by atoms with Crippen molar-refractivity contribution in [2.24, 2.45) is 0 Å². The first-order chi connectivity index (χ1) is 17.8. The van der Waals surface area contributed by atoms with Gasteiger partial charge < -0.3 is 9.84 Å². The van der Waals surface area contributed by atoms with Gasteiger partial charge in [-0.3, -0.25) is 4.90 Å². The van der Waals surface area contributed by atoms with Gasteiger partial charge >= 0.3 is 0 Å². The number of phenolic OH excluding ortho intramolecular Hbond substituents is 1. The Kier molecular flexibility index (Phi) is 7.41. The van der Waals surface area contributed by atoms with Crippen LogP contribution in [0.3, 0.4) is 0 Å². The number of aryl methyl sites for hydroxylation is 2. The highest BCUT2D eigenvalue weighted by atomic mass is 32.2. The number of hydrogen-bond acceptors (Lipinski definition) is 5. The van der Waals surface area contributed by atoms with Crippen LogP contribution in [0.25, 0.3) is 11.1 Å². The molecule has 0 aliphatic carbocycles. The Labute approximate surface area is 220 Å². The molecule has 2 aliphatic rings. The van der Waals surface area contributed by atoms with Crippen LogP contribution in [0.15, 0.2) is 71.6 Å². The molecule has 0 amide bonds. The molecular formula is C30H36N2O4S. The molecule has 2 fully saturated rings. The summed E-state index contributed by atoms with van der Waals surface area (Å²) in [5.41, 5.74) is 5.20. The van der Waals surface area contributed by atoms with E-state index >= 15 is 0 Å². The standard InChI is InChI=1S/C30H36N2O4S/c1-21-8-4-5-9-29(21)37(34,35)31-16-6-7-17-32-27(19-31)30(28(32)20-36-3)24-12-10-23(11-13-24)26-15-14-25(33)18-22(26)2/h4-5,8-15,18,27-28,30,33H,6-7,16-17,19-20H2,1-3H3/t27?,28-,30+/m1/s1. The lowest BCUT2D eigenvalue weighted by atomic mass is 9.74. The molecule has 2 saturated heterocycles. The van der Waals surface area contributed by atoms with Crippen LogP contribution in [0.5, 0.6) is 5.75 Å². The topological polar surface area (TPSA) is 70.1 Å².